The summed E-state index contributed by atoms with van der Waals surface area (Å²) in [6.45, 7) is 9.14. The normalized spacial score (nSPS) is 25.2. The third-order valence-electron chi connectivity index (χ3n) is 11.8. The van der Waals surface area contributed by atoms with E-state index in [1.54, 1.807) is 51.5 Å². The van der Waals surface area contributed by atoms with Gasteiger partial charge in [-0.25, -0.2) is 24.4 Å². The average molecular weight is 875 g/mol. The van der Waals surface area contributed by atoms with Crippen LogP contribution in [0, 0.1) is 5.92 Å². The molecule has 2 saturated carbocycles. The van der Waals surface area contributed by atoms with Gasteiger partial charge in [0.2, 0.25) is 11.8 Å². The molecule has 1 saturated heterocycles. The van der Waals surface area contributed by atoms with Crippen molar-refractivity contribution in [3.8, 4) is 22.9 Å². The van der Waals surface area contributed by atoms with Crippen LogP contribution >= 0.6 is 11.3 Å². The molecular formula is C45H58N6O10S. The van der Waals surface area contributed by atoms with Crippen molar-refractivity contribution in [1.29, 1.82) is 0 Å². The van der Waals surface area contributed by atoms with E-state index in [0.717, 1.165) is 44.9 Å². The van der Waals surface area contributed by atoms with Gasteiger partial charge in [-0.2, -0.15) is 0 Å². The number of anilines is 1. The van der Waals surface area contributed by atoms with E-state index in [-0.39, 0.29) is 37.5 Å². The molecule has 2 aromatic heterocycles. The Bertz CT molecular complexity index is 2200. The first kappa shape index (κ1) is 44.6. The van der Waals surface area contributed by atoms with Gasteiger partial charge in [0.1, 0.15) is 52.6 Å². The molecule has 4 amide bonds. The monoisotopic (exact) mass is 874 g/mol. The molecule has 16 nitrogen and oxygen atoms in total. The Balaban J connectivity index is 1.21. The van der Waals surface area contributed by atoms with E-state index in [2.05, 4.69) is 10.6 Å². The van der Waals surface area contributed by atoms with Crippen LogP contribution in [0.3, 0.4) is 0 Å². The molecule has 4 aliphatic rings. The van der Waals surface area contributed by atoms with Gasteiger partial charge in [0, 0.05) is 41.3 Å². The second-order valence-corrected chi connectivity index (χ2v) is 18.8. The maximum atomic E-state index is 14.7. The zero-order chi connectivity index (χ0) is 44.3. The summed E-state index contributed by atoms with van der Waals surface area (Å²) in [5.74, 6) is -1.63. The zero-order valence-corrected chi connectivity index (χ0v) is 37.1. The highest BCUT2D eigenvalue weighted by atomic mass is 32.1. The van der Waals surface area contributed by atoms with Gasteiger partial charge in [-0.05, 0) is 98.1 Å². The summed E-state index contributed by atoms with van der Waals surface area (Å²) in [6.07, 6.45) is 8.75. The molecule has 4 heterocycles. The maximum Gasteiger partial charge on any atom is 0.416 e. The SMILES string of the molecule is COc1ccc2c(O[C@@H]3C[C@H]4C(=O)N[C@]5(C(=O)O)C[C@H]5/C=C\CCCCC[C@H](NC(=O)OC5CCCC5)C(=O)N4C3)cc(-c3csc(N(C(=O)OC(C)(C)C)C(C)C)n3)nc2c1. The Morgan fingerprint density at radius 2 is 1.77 bits per heavy atom. The van der Waals surface area contributed by atoms with Crippen LogP contribution in [0.2, 0.25) is 0 Å². The van der Waals surface area contributed by atoms with Crippen LogP contribution in [0.5, 0.6) is 11.5 Å². The molecule has 1 aromatic carbocycles. The summed E-state index contributed by atoms with van der Waals surface area (Å²) in [4.78, 5) is 80.7. The van der Waals surface area contributed by atoms with Gasteiger partial charge >= 0.3 is 18.2 Å². The number of carbonyl (C=O) groups is 5. The number of allylic oxidation sites excluding steroid dienone is 1. The highest BCUT2D eigenvalue weighted by molar-refractivity contribution is 7.14. The average Bonchev–Trinajstić information content (AvgIpc) is 3.65. The number of ether oxygens (including phenoxy) is 4. The summed E-state index contributed by atoms with van der Waals surface area (Å²) in [7, 11) is 1.55. The summed E-state index contributed by atoms with van der Waals surface area (Å²) in [5, 5.41) is 18.8. The lowest BCUT2D eigenvalue weighted by molar-refractivity contribution is -0.145. The van der Waals surface area contributed by atoms with Gasteiger partial charge in [-0.15, -0.1) is 11.3 Å². The maximum absolute atomic E-state index is 14.7. The number of thiazole rings is 1. The number of hydrogen-bond donors (Lipinski definition) is 3. The number of benzene rings is 1. The number of pyridine rings is 1. The molecule has 0 bridgehead atoms. The summed E-state index contributed by atoms with van der Waals surface area (Å²) in [5.41, 5.74) is -0.745. The number of nitrogens with zero attached hydrogens (tertiary/aromatic N) is 4. The number of amides is 4. The number of aromatic nitrogens is 2. The van der Waals surface area contributed by atoms with Crippen LogP contribution in [0.15, 0.2) is 41.8 Å². The first-order valence-corrected chi connectivity index (χ1v) is 22.6. The van der Waals surface area contributed by atoms with E-state index in [4.69, 9.17) is 28.9 Å². The Labute approximate surface area is 365 Å². The van der Waals surface area contributed by atoms with E-state index in [1.807, 2.05) is 32.1 Å². The molecule has 5 atom stereocenters. The molecule has 3 aromatic rings. The summed E-state index contributed by atoms with van der Waals surface area (Å²) < 4.78 is 23.7. The molecule has 7 rings (SSSR count). The lowest BCUT2D eigenvalue weighted by Crippen LogP contribution is -2.56. The van der Waals surface area contributed by atoms with Gasteiger partial charge in [0.15, 0.2) is 5.13 Å². The standard InChI is InChI=1S/C45H58N6O10S/c1-26(2)51(43(57)61-44(3,4)5)41-47-35(25-62-41)34-22-37(31-19-18-29(58-6)20-33(31)46-34)59-30-21-36-38(52)49-45(40(54)55)23-27(45)14-10-8-7-9-11-17-32(39(53)50(36)24-30)48-42(56)60-28-15-12-13-16-28/h10,14,18-20,22,25-28,30,32,36H,7-9,11-13,15-17,21,23-24H2,1-6H3,(H,48,56)(H,49,52)(H,54,55)/b14-10-/t27-,30-,32+,36+,45-/m1/s1. The van der Waals surface area contributed by atoms with Crippen molar-refractivity contribution >= 4 is 57.3 Å². The van der Waals surface area contributed by atoms with Crippen LogP contribution in [0.1, 0.15) is 105 Å². The Kier molecular flexibility index (Phi) is 13.3. The minimum atomic E-state index is -1.49. The number of hydrogen-bond acceptors (Lipinski definition) is 12. The van der Waals surface area contributed by atoms with Crippen LogP contribution in [-0.4, -0.2) is 105 Å². The van der Waals surface area contributed by atoms with Crippen LogP contribution in [0.4, 0.5) is 14.7 Å². The molecule has 334 valence electrons. The lowest BCUT2D eigenvalue weighted by Gasteiger charge is -2.29. The number of rotatable bonds is 9. The predicted octanol–water partition coefficient (Wildman–Crippen LogP) is 7.38. The second-order valence-electron chi connectivity index (χ2n) is 18.0. The van der Waals surface area contributed by atoms with Crippen molar-refractivity contribution in [3.63, 3.8) is 0 Å². The molecule has 0 spiro atoms. The van der Waals surface area contributed by atoms with Crippen molar-refractivity contribution < 1.29 is 48.0 Å². The lowest BCUT2D eigenvalue weighted by atomic mass is 10.0. The topological polar surface area (TPSA) is 199 Å². The largest absolute Gasteiger partial charge is 0.497 e. The fourth-order valence-electron chi connectivity index (χ4n) is 8.51. The fraction of sp³-hybridized carbons (Fsp3) is 0.578. The van der Waals surface area contributed by atoms with Crippen LogP contribution < -0.4 is 25.0 Å². The predicted molar refractivity (Wildman–Crippen MR) is 232 cm³/mol. The van der Waals surface area contributed by atoms with E-state index < -0.39 is 59.3 Å². The van der Waals surface area contributed by atoms with Crippen molar-refractivity contribution in [3.05, 3.63) is 41.8 Å². The molecular weight excluding hydrogens is 817 g/mol. The van der Waals surface area contributed by atoms with Crippen molar-refractivity contribution in [2.75, 3.05) is 18.6 Å². The highest BCUT2D eigenvalue weighted by Gasteiger charge is 2.61. The van der Waals surface area contributed by atoms with E-state index >= 15 is 0 Å². The minimum Gasteiger partial charge on any atom is -0.497 e. The Hall–Kier alpha value is -5.45. The first-order valence-electron chi connectivity index (χ1n) is 21.7. The molecule has 62 heavy (non-hydrogen) atoms. The van der Waals surface area contributed by atoms with Crippen molar-refractivity contribution in [1.82, 2.24) is 25.5 Å². The Morgan fingerprint density at radius 3 is 2.48 bits per heavy atom. The van der Waals surface area contributed by atoms with Crippen molar-refractivity contribution in [2.24, 2.45) is 5.92 Å². The van der Waals surface area contributed by atoms with Crippen LogP contribution in [-0.2, 0) is 23.9 Å². The van der Waals surface area contributed by atoms with Crippen molar-refractivity contribution in [2.45, 2.75) is 147 Å². The number of methoxy groups -OCH3 is 1. The first-order chi connectivity index (χ1) is 29.5. The fourth-order valence-corrected chi connectivity index (χ4v) is 9.45. The highest BCUT2D eigenvalue weighted by Crippen LogP contribution is 2.46. The third-order valence-corrected chi connectivity index (χ3v) is 12.7. The summed E-state index contributed by atoms with van der Waals surface area (Å²) >= 11 is 1.27. The number of carboxylic acids is 1. The number of nitrogens with one attached hydrogen (secondary N) is 2. The molecule has 17 heteroatoms. The summed E-state index contributed by atoms with van der Waals surface area (Å²) in [6, 6.07) is 4.76. The Morgan fingerprint density at radius 1 is 1.02 bits per heavy atom. The second kappa shape index (κ2) is 18.5. The number of carboxylic acid groups (broad SMARTS) is 1. The number of fused-ring (bicyclic) bond motifs is 3. The molecule has 3 N–H and O–H groups in total. The molecule has 2 aliphatic heterocycles. The van der Waals surface area contributed by atoms with Gasteiger partial charge in [0.05, 0.1) is 24.9 Å². The number of aliphatic carboxylic acids is 1. The smallest absolute Gasteiger partial charge is 0.416 e. The van der Waals surface area contributed by atoms with Gasteiger partial charge < -0.3 is 39.6 Å². The zero-order valence-electron chi connectivity index (χ0n) is 36.3. The quantitative estimate of drug-likeness (QED) is 0.181. The molecule has 0 radical (unpaired) electrons. The molecule has 3 fully saturated rings. The van der Waals surface area contributed by atoms with Gasteiger partial charge in [-0.3, -0.25) is 14.5 Å². The number of alkyl carbamates (subject to hydrolysis) is 1. The van der Waals surface area contributed by atoms with Gasteiger partial charge in [-0.1, -0.05) is 25.0 Å². The molecule has 2 aliphatic carbocycles. The number of carbonyl (C=O) groups excluding carboxylic acids is 4. The van der Waals surface area contributed by atoms with E-state index in [9.17, 15) is 29.1 Å². The van der Waals surface area contributed by atoms with E-state index in [1.165, 1.54) is 21.1 Å². The van der Waals surface area contributed by atoms with Gasteiger partial charge in [0.25, 0.3) is 0 Å². The minimum absolute atomic E-state index is 0.0223. The molecule has 0 unspecified atom stereocenters. The van der Waals surface area contributed by atoms with Crippen LogP contribution in [0.25, 0.3) is 22.3 Å². The third kappa shape index (κ3) is 10.1. The van der Waals surface area contributed by atoms with E-state index in [0.29, 0.717) is 51.8 Å².